The van der Waals surface area contributed by atoms with E-state index in [9.17, 15) is 13.6 Å². The average Bonchev–Trinajstić information content (AvgIpc) is 2.42. The number of hydrogen-bond donors (Lipinski definition) is 0. The van der Waals surface area contributed by atoms with E-state index < -0.39 is 11.6 Å². The number of ketones is 1. The lowest BCUT2D eigenvalue weighted by Crippen LogP contribution is -2.06. The van der Waals surface area contributed by atoms with Gasteiger partial charge in [-0.3, -0.25) is 4.79 Å². The van der Waals surface area contributed by atoms with E-state index in [-0.39, 0.29) is 28.0 Å². The van der Waals surface area contributed by atoms with Crippen LogP contribution in [0.15, 0.2) is 40.9 Å². The maximum absolute atomic E-state index is 13.5. The number of ether oxygens (including phenoxy) is 1. The topological polar surface area (TPSA) is 26.3 Å². The molecule has 2 aromatic carbocycles. The molecule has 0 N–H and O–H groups in total. The normalized spacial score (nSPS) is 10.4. The van der Waals surface area contributed by atoms with E-state index in [0.717, 1.165) is 0 Å². The Kier molecular flexibility index (Phi) is 4.49. The second-order valence-electron chi connectivity index (χ2n) is 4.17. The second kappa shape index (κ2) is 6.13. The van der Waals surface area contributed by atoms with E-state index >= 15 is 0 Å². The van der Waals surface area contributed by atoms with E-state index in [1.54, 1.807) is 6.07 Å². The number of carbonyl (C=O) groups is 1. The number of carbonyl (C=O) groups excluding carboxylic acids is 1. The molecule has 2 rings (SSSR count). The highest BCUT2D eigenvalue weighted by molar-refractivity contribution is 9.10. The Morgan fingerprint density at radius 3 is 2.60 bits per heavy atom. The third-order valence-electron chi connectivity index (χ3n) is 2.83. The molecule has 0 spiro atoms. The largest absolute Gasteiger partial charge is 0.494 e. The Morgan fingerprint density at radius 1 is 1.20 bits per heavy atom. The summed E-state index contributed by atoms with van der Waals surface area (Å²) < 4.78 is 31.8. The number of Topliss-reactive ketones (excluding diaryl/α,β-unsaturated/α-hetero) is 1. The minimum atomic E-state index is -0.531. The number of hydrogen-bond acceptors (Lipinski definition) is 2. The van der Waals surface area contributed by atoms with Gasteiger partial charge in [-0.1, -0.05) is 18.2 Å². The molecule has 0 aliphatic heterocycles. The summed E-state index contributed by atoms with van der Waals surface area (Å²) in [6.07, 6.45) is -0.0109. The van der Waals surface area contributed by atoms with Crippen molar-refractivity contribution in [2.45, 2.75) is 6.42 Å². The summed E-state index contributed by atoms with van der Waals surface area (Å²) in [6.45, 7) is 0. The summed E-state index contributed by atoms with van der Waals surface area (Å²) >= 11 is 3.04. The van der Waals surface area contributed by atoms with Gasteiger partial charge in [0.05, 0.1) is 11.6 Å². The van der Waals surface area contributed by atoms with Crippen LogP contribution in [0.5, 0.6) is 5.75 Å². The van der Waals surface area contributed by atoms with Gasteiger partial charge in [0, 0.05) is 12.0 Å². The van der Waals surface area contributed by atoms with Gasteiger partial charge in [0.25, 0.3) is 0 Å². The van der Waals surface area contributed by atoms with E-state index in [1.165, 1.54) is 37.4 Å². The molecule has 0 aliphatic carbocycles. The van der Waals surface area contributed by atoms with Crippen molar-refractivity contribution >= 4 is 21.7 Å². The number of methoxy groups -OCH3 is 1. The quantitative estimate of drug-likeness (QED) is 0.781. The van der Waals surface area contributed by atoms with Gasteiger partial charge in [0.15, 0.2) is 17.3 Å². The molecule has 0 saturated carbocycles. The zero-order valence-electron chi connectivity index (χ0n) is 10.6. The van der Waals surface area contributed by atoms with Crippen molar-refractivity contribution in [3.05, 3.63) is 63.6 Å². The van der Waals surface area contributed by atoms with Crippen molar-refractivity contribution in [1.82, 2.24) is 0 Å². The number of rotatable bonds is 4. The highest BCUT2D eigenvalue weighted by atomic mass is 79.9. The Labute approximate surface area is 123 Å². The maximum Gasteiger partial charge on any atom is 0.168 e. The van der Waals surface area contributed by atoms with Crippen molar-refractivity contribution in [2.24, 2.45) is 0 Å². The molecule has 20 heavy (non-hydrogen) atoms. The first-order valence-corrected chi connectivity index (χ1v) is 6.62. The lowest BCUT2D eigenvalue weighted by Gasteiger charge is -2.06. The van der Waals surface area contributed by atoms with Gasteiger partial charge in [-0.25, -0.2) is 8.78 Å². The minimum Gasteiger partial charge on any atom is -0.494 e. The van der Waals surface area contributed by atoms with Gasteiger partial charge in [-0.05, 0) is 39.7 Å². The van der Waals surface area contributed by atoms with Crippen LogP contribution >= 0.6 is 15.9 Å². The van der Waals surface area contributed by atoms with Gasteiger partial charge in [-0.2, -0.15) is 0 Å². The van der Waals surface area contributed by atoms with Gasteiger partial charge >= 0.3 is 0 Å². The first-order valence-electron chi connectivity index (χ1n) is 5.82. The van der Waals surface area contributed by atoms with E-state index in [1.807, 2.05) is 0 Å². The summed E-state index contributed by atoms with van der Waals surface area (Å²) in [5.41, 5.74) is 0.741. The summed E-state index contributed by atoms with van der Waals surface area (Å²) in [4.78, 5) is 12.1. The number of benzene rings is 2. The van der Waals surface area contributed by atoms with Crippen LogP contribution in [0.4, 0.5) is 8.78 Å². The lowest BCUT2D eigenvalue weighted by atomic mass is 10.0. The molecule has 2 aromatic rings. The SMILES string of the molecule is COc1ccc(CC(=O)c2cccc(F)c2Br)cc1F. The average molecular weight is 341 g/mol. The molecular formula is C15H11BrF2O2. The van der Waals surface area contributed by atoms with Crippen molar-refractivity contribution < 1.29 is 18.3 Å². The van der Waals surface area contributed by atoms with Crippen LogP contribution in [0, 0.1) is 11.6 Å². The summed E-state index contributed by atoms with van der Waals surface area (Å²) in [5, 5.41) is 0. The zero-order chi connectivity index (χ0) is 14.7. The van der Waals surface area contributed by atoms with Gasteiger partial charge in [0.1, 0.15) is 5.82 Å². The minimum absolute atomic E-state index is 0.0109. The molecule has 0 heterocycles. The van der Waals surface area contributed by atoms with Crippen molar-refractivity contribution in [2.75, 3.05) is 7.11 Å². The van der Waals surface area contributed by atoms with E-state index in [4.69, 9.17) is 4.74 Å². The maximum atomic E-state index is 13.5. The second-order valence-corrected chi connectivity index (χ2v) is 4.96. The monoisotopic (exact) mass is 340 g/mol. The molecule has 0 unspecified atom stereocenters. The van der Waals surface area contributed by atoms with Crippen molar-refractivity contribution in [1.29, 1.82) is 0 Å². The standard InChI is InChI=1S/C15H11BrF2O2/c1-20-14-6-5-9(7-12(14)18)8-13(19)10-3-2-4-11(17)15(10)16/h2-7H,8H2,1H3. The van der Waals surface area contributed by atoms with Crippen molar-refractivity contribution in [3.63, 3.8) is 0 Å². The zero-order valence-corrected chi connectivity index (χ0v) is 12.2. The molecule has 0 aromatic heterocycles. The first-order chi connectivity index (χ1) is 9.52. The van der Waals surface area contributed by atoms with Gasteiger partial charge in [0.2, 0.25) is 0 Å². The third-order valence-corrected chi connectivity index (χ3v) is 3.64. The van der Waals surface area contributed by atoms with Crippen LogP contribution in [0.3, 0.4) is 0 Å². The molecule has 2 nitrogen and oxygen atoms in total. The molecule has 0 bridgehead atoms. The van der Waals surface area contributed by atoms with E-state index in [2.05, 4.69) is 15.9 Å². The Morgan fingerprint density at radius 2 is 1.95 bits per heavy atom. The smallest absolute Gasteiger partial charge is 0.168 e. The van der Waals surface area contributed by atoms with Gasteiger partial charge in [-0.15, -0.1) is 0 Å². The fourth-order valence-electron chi connectivity index (χ4n) is 1.82. The molecule has 0 aliphatic rings. The summed E-state index contributed by atoms with van der Waals surface area (Å²) in [5.74, 6) is -1.21. The van der Waals surface area contributed by atoms with Crippen LogP contribution in [0.1, 0.15) is 15.9 Å². The Hall–Kier alpha value is -1.75. The molecule has 0 amide bonds. The fraction of sp³-hybridized carbons (Fsp3) is 0.133. The fourth-order valence-corrected chi connectivity index (χ4v) is 2.31. The molecule has 0 radical (unpaired) electrons. The molecule has 0 saturated heterocycles. The Bertz CT molecular complexity index is 656. The highest BCUT2D eigenvalue weighted by Crippen LogP contribution is 2.23. The summed E-state index contributed by atoms with van der Waals surface area (Å²) in [7, 11) is 1.37. The molecule has 5 heteroatoms. The van der Waals surface area contributed by atoms with E-state index in [0.29, 0.717) is 5.56 Å². The van der Waals surface area contributed by atoms with Crippen LogP contribution < -0.4 is 4.74 Å². The highest BCUT2D eigenvalue weighted by Gasteiger charge is 2.14. The Balaban J connectivity index is 2.24. The molecular weight excluding hydrogens is 330 g/mol. The molecule has 0 atom stereocenters. The summed E-state index contributed by atoms with van der Waals surface area (Å²) in [6, 6.07) is 8.54. The van der Waals surface area contributed by atoms with Crippen LogP contribution in [0.25, 0.3) is 0 Å². The van der Waals surface area contributed by atoms with Gasteiger partial charge < -0.3 is 4.74 Å². The molecule has 0 fully saturated rings. The molecule has 104 valence electrons. The van der Waals surface area contributed by atoms with Crippen molar-refractivity contribution in [3.8, 4) is 5.75 Å². The van der Waals surface area contributed by atoms with Crippen LogP contribution in [-0.2, 0) is 6.42 Å². The number of halogens is 3. The lowest BCUT2D eigenvalue weighted by molar-refractivity contribution is 0.0991. The van der Waals surface area contributed by atoms with Crippen LogP contribution in [0.2, 0.25) is 0 Å². The third kappa shape index (κ3) is 3.04. The predicted molar refractivity (Wildman–Crippen MR) is 75.1 cm³/mol. The van der Waals surface area contributed by atoms with Crippen LogP contribution in [-0.4, -0.2) is 12.9 Å². The first kappa shape index (κ1) is 14.7. The predicted octanol–water partition coefficient (Wildman–Crippen LogP) is 4.16.